The highest BCUT2D eigenvalue weighted by Crippen LogP contribution is 2.39. The van der Waals surface area contributed by atoms with Gasteiger partial charge in [-0.3, -0.25) is 0 Å². The zero-order valence-electron chi connectivity index (χ0n) is 9.51. The number of rotatable bonds is 2. The Labute approximate surface area is 118 Å². The molecule has 1 aromatic carbocycles. The van der Waals surface area contributed by atoms with Gasteiger partial charge >= 0.3 is 6.18 Å². The molecule has 1 saturated carbocycles. The quantitative estimate of drug-likeness (QED) is 0.827. The first-order chi connectivity index (χ1) is 7.88. The first kappa shape index (κ1) is 15.8. The van der Waals surface area contributed by atoms with Crippen LogP contribution in [0.2, 0.25) is 0 Å². The smallest absolute Gasteiger partial charge is 0.324 e. The van der Waals surface area contributed by atoms with Crippen LogP contribution in [0.1, 0.15) is 36.4 Å². The van der Waals surface area contributed by atoms with Crippen LogP contribution >= 0.6 is 28.3 Å². The SMILES string of the molecule is Cl.N[C@@H](c1cc(Br)cc(C(F)(F)F)c1)C1CCC1. The molecule has 0 aromatic heterocycles. The van der Waals surface area contributed by atoms with Gasteiger partial charge in [0.05, 0.1) is 5.56 Å². The zero-order chi connectivity index (χ0) is 12.6. The predicted octanol–water partition coefficient (Wildman–Crippen LogP) is 4.69. The van der Waals surface area contributed by atoms with Crippen molar-refractivity contribution in [3.05, 3.63) is 33.8 Å². The van der Waals surface area contributed by atoms with E-state index in [2.05, 4.69) is 15.9 Å². The largest absolute Gasteiger partial charge is 0.416 e. The fourth-order valence-corrected chi connectivity index (χ4v) is 2.55. The Bertz CT molecular complexity index is 418. The molecule has 1 aliphatic carbocycles. The second-order valence-corrected chi connectivity index (χ2v) is 5.40. The standard InChI is InChI=1S/C12H13BrF3N.ClH/c13-10-5-8(11(17)7-2-1-3-7)4-9(6-10)12(14,15)16;/h4-7,11H,1-3,17H2;1H/t11-;/m1./s1. The van der Waals surface area contributed by atoms with Crippen LogP contribution in [0.3, 0.4) is 0 Å². The van der Waals surface area contributed by atoms with Gasteiger partial charge in [0.1, 0.15) is 0 Å². The molecule has 0 spiro atoms. The summed E-state index contributed by atoms with van der Waals surface area (Å²) in [4.78, 5) is 0. The molecule has 0 aliphatic heterocycles. The maximum Gasteiger partial charge on any atom is 0.416 e. The molecule has 6 heteroatoms. The van der Waals surface area contributed by atoms with Gasteiger partial charge in [-0.05, 0) is 42.5 Å². The van der Waals surface area contributed by atoms with Crippen LogP contribution in [0.4, 0.5) is 13.2 Å². The summed E-state index contributed by atoms with van der Waals surface area (Å²) in [6.07, 6.45) is -1.18. The van der Waals surface area contributed by atoms with E-state index in [0.29, 0.717) is 16.0 Å². The number of hydrogen-bond donors (Lipinski definition) is 1. The second-order valence-electron chi connectivity index (χ2n) is 4.49. The van der Waals surface area contributed by atoms with E-state index in [-0.39, 0.29) is 18.4 Å². The Hall–Kier alpha value is -0.260. The van der Waals surface area contributed by atoms with Gasteiger partial charge in [0.15, 0.2) is 0 Å². The van der Waals surface area contributed by atoms with Crippen LogP contribution in [0.15, 0.2) is 22.7 Å². The summed E-state index contributed by atoms with van der Waals surface area (Å²) in [5, 5.41) is 0. The number of alkyl halides is 3. The highest BCUT2D eigenvalue weighted by molar-refractivity contribution is 9.10. The van der Waals surface area contributed by atoms with Crippen molar-refractivity contribution in [3.63, 3.8) is 0 Å². The van der Waals surface area contributed by atoms with Crippen LogP contribution in [-0.4, -0.2) is 0 Å². The average Bonchev–Trinajstić information content (AvgIpc) is 2.12. The van der Waals surface area contributed by atoms with E-state index in [1.54, 1.807) is 6.07 Å². The lowest BCUT2D eigenvalue weighted by atomic mass is 9.77. The molecule has 2 rings (SSSR count). The Morgan fingerprint density at radius 1 is 1.22 bits per heavy atom. The molecule has 1 aromatic rings. The maximum absolute atomic E-state index is 12.6. The fraction of sp³-hybridized carbons (Fsp3) is 0.500. The summed E-state index contributed by atoms with van der Waals surface area (Å²) in [5.74, 6) is 0.324. The van der Waals surface area contributed by atoms with Crippen LogP contribution in [0, 0.1) is 5.92 Å². The van der Waals surface area contributed by atoms with E-state index >= 15 is 0 Å². The molecule has 1 nitrogen and oxygen atoms in total. The summed E-state index contributed by atoms with van der Waals surface area (Å²) < 4.78 is 38.4. The van der Waals surface area contributed by atoms with Crippen LogP contribution in [-0.2, 0) is 6.18 Å². The number of benzene rings is 1. The minimum absolute atomic E-state index is 0. The van der Waals surface area contributed by atoms with E-state index in [9.17, 15) is 13.2 Å². The molecular formula is C12H14BrClF3N. The van der Waals surface area contributed by atoms with Gasteiger partial charge < -0.3 is 5.73 Å². The molecular weight excluding hydrogens is 330 g/mol. The normalized spacial score (nSPS) is 17.8. The number of nitrogens with two attached hydrogens (primary N) is 1. The van der Waals surface area contributed by atoms with Gasteiger partial charge in [0.25, 0.3) is 0 Å². The van der Waals surface area contributed by atoms with Crippen molar-refractivity contribution in [1.29, 1.82) is 0 Å². The van der Waals surface area contributed by atoms with Gasteiger partial charge in [0.2, 0.25) is 0 Å². The van der Waals surface area contributed by atoms with Crippen LogP contribution in [0.25, 0.3) is 0 Å². The second kappa shape index (κ2) is 5.80. The van der Waals surface area contributed by atoms with E-state index in [4.69, 9.17) is 5.73 Å². The maximum atomic E-state index is 12.6. The Balaban J connectivity index is 0.00000162. The highest BCUT2D eigenvalue weighted by Gasteiger charge is 2.33. The van der Waals surface area contributed by atoms with E-state index in [0.717, 1.165) is 31.4 Å². The third kappa shape index (κ3) is 3.39. The first-order valence-electron chi connectivity index (χ1n) is 5.51. The molecule has 102 valence electrons. The van der Waals surface area contributed by atoms with Crippen molar-refractivity contribution in [1.82, 2.24) is 0 Å². The van der Waals surface area contributed by atoms with Crippen molar-refractivity contribution in [3.8, 4) is 0 Å². The molecule has 1 atom stereocenters. The van der Waals surface area contributed by atoms with E-state index in [1.165, 1.54) is 0 Å². The van der Waals surface area contributed by atoms with Gasteiger partial charge in [0, 0.05) is 10.5 Å². The third-order valence-electron chi connectivity index (χ3n) is 3.29. The van der Waals surface area contributed by atoms with E-state index in [1.807, 2.05) is 0 Å². The van der Waals surface area contributed by atoms with Crippen molar-refractivity contribution >= 4 is 28.3 Å². The van der Waals surface area contributed by atoms with Gasteiger partial charge in [-0.15, -0.1) is 12.4 Å². The Kier molecular flexibility index (Phi) is 5.09. The highest BCUT2D eigenvalue weighted by atomic mass is 79.9. The van der Waals surface area contributed by atoms with Gasteiger partial charge in [-0.2, -0.15) is 13.2 Å². The molecule has 0 unspecified atom stereocenters. The minimum Gasteiger partial charge on any atom is -0.324 e. The van der Waals surface area contributed by atoms with E-state index < -0.39 is 11.7 Å². The van der Waals surface area contributed by atoms with Crippen molar-refractivity contribution in [2.75, 3.05) is 0 Å². The minimum atomic E-state index is -4.32. The summed E-state index contributed by atoms with van der Waals surface area (Å²) in [7, 11) is 0. The zero-order valence-corrected chi connectivity index (χ0v) is 11.9. The number of hydrogen-bond acceptors (Lipinski definition) is 1. The van der Waals surface area contributed by atoms with Crippen molar-refractivity contribution in [2.45, 2.75) is 31.5 Å². The lowest BCUT2D eigenvalue weighted by molar-refractivity contribution is -0.137. The molecule has 2 N–H and O–H groups in total. The Morgan fingerprint density at radius 2 is 1.83 bits per heavy atom. The van der Waals surface area contributed by atoms with Crippen molar-refractivity contribution < 1.29 is 13.2 Å². The average molecular weight is 345 g/mol. The summed E-state index contributed by atoms with van der Waals surface area (Å²) in [5.41, 5.74) is 5.92. The summed E-state index contributed by atoms with van der Waals surface area (Å²) in [6, 6.07) is 3.63. The molecule has 1 aliphatic rings. The summed E-state index contributed by atoms with van der Waals surface area (Å²) in [6.45, 7) is 0. The van der Waals surface area contributed by atoms with Crippen LogP contribution < -0.4 is 5.73 Å². The van der Waals surface area contributed by atoms with Crippen LogP contribution in [0.5, 0.6) is 0 Å². The third-order valence-corrected chi connectivity index (χ3v) is 3.75. The topological polar surface area (TPSA) is 26.0 Å². The first-order valence-corrected chi connectivity index (χ1v) is 6.30. The molecule has 0 bridgehead atoms. The molecule has 1 fully saturated rings. The lowest BCUT2D eigenvalue weighted by Crippen LogP contribution is -2.27. The molecule has 0 radical (unpaired) electrons. The van der Waals surface area contributed by atoms with Gasteiger partial charge in [-0.1, -0.05) is 22.4 Å². The number of halogens is 5. The molecule has 18 heavy (non-hydrogen) atoms. The fourth-order valence-electron chi connectivity index (χ4n) is 2.04. The van der Waals surface area contributed by atoms with Gasteiger partial charge in [-0.25, -0.2) is 0 Å². The summed E-state index contributed by atoms with van der Waals surface area (Å²) >= 11 is 3.11. The monoisotopic (exact) mass is 343 g/mol. The predicted molar refractivity (Wildman–Crippen MR) is 70.7 cm³/mol. The Morgan fingerprint density at radius 3 is 2.28 bits per heavy atom. The molecule has 0 saturated heterocycles. The molecule has 0 amide bonds. The lowest BCUT2D eigenvalue weighted by Gasteiger charge is -2.31. The van der Waals surface area contributed by atoms with Crippen molar-refractivity contribution in [2.24, 2.45) is 11.7 Å². The molecule has 0 heterocycles.